The minimum absolute atomic E-state index is 0.0161. The fourth-order valence-corrected chi connectivity index (χ4v) is 4.46. The Bertz CT molecular complexity index is 1020. The molecule has 2 aromatic carbocycles. The summed E-state index contributed by atoms with van der Waals surface area (Å²) in [5.41, 5.74) is 3.51. The number of imide groups is 1. The molecule has 162 valence electrons. The Hall–Kier alpha value is -3.19. The molecule has 1 saturated heterocycles. The topological polar surface area (TPSA) is 79.0 Å². The van der Waals surface area contributed by atoms with Crippen molar-refractivity contribution >= 4 is 17.9 Å². The SMILES string of the molecule is COC(=O)CN(Cc1ccccc1C)CN1C(=O)NC2(CCc3ccccc3C2)C1=O. The summed E-state index contributed by atoms with van der Waals surface area (Å²) < 4.78 is 4.83. The van der Waals surface area contributed by atoms with Crippen molar-refractivity contribution in [2.75, 3.05) is 20.3 Å². The van der Waals surface area contributed by atoms with Crippen molar-refractivity contribution in [3.05, 3.63) is 70.8 Å². The van der Waals surface area contributed by atoms with E-state index in [1.165, 1.54) is 17.6 Å². The molecule has 1 N–H and O–H groups in total. The van der Waals surface area contributed by atoms with Gasteiger partial charge in [-0.25, -0.2) is 9.69 Å². The quantitative estimate of drug-likeness (QED) is 0.572. The third-order valence-corrected chi connectivity index (χ3v) is 6.25. The van der Waals surface area contributed by atoms with Crippen molar-refractivity contribution in [2.45, 2.75) is 38.3 Å². The fraction of sp³-hybridized carbons (Fsp3) is 0.375. The second-order valence-corrected chi connectivity index (χ2v) is 8.32. The first-order valence-corrected chi connectivity index (χ1v) is 10.5. The van der Waals surface area contributed by atoms with Crippen LogP contribution >= 0.6 is 0 Å². The van der Waals surface area contributed by atoms with Crippen LogP contribution in [-0.4, -0.2) is 53.6 Å². The summed E-state index contributed by atoms with van der Waals surface area (Å²) in [4.78, 5) is 41.2. The molecule has 0 aromatic heterocycles. The number of nitrogens with zero attached hydrogens (tertiary/aromatic N) is 2. The molecule has 1 spiro atoms. The standard InChI is InChI=1S/C24H27N3O4/c1-17-7-3-4-10-20(17)14-26(15-21(28)31-2)16-27-22(29)24(25-23(27)30)12-11-18-8-5-6-9-19(18)13-24/h3-10H,11-16H2,1-2H3,(H,25,30). The molecule has 0 bridgehead atoms. The van der Waals surface area contributed by atoms with E-state index in [-0.39, 0.29) is 19.1 Å². The first-order chi connectivity index (χ1) is 14.9. The molecule has 0 saturated carbocycles. The zero-order chi connectivity index (χ0) is 22.0. The molecular formula is C24H27N3O4. The molecule has 2 aliphatic rings. The average Bonchev–Trinajstić information content (AvgIpc) is 2.98. The number of carbonyl (C=O) groups excluding carboxylic acids is 3. The number of carbonyl (C=O) groups is 3. The van der Waals surface area contributed by atoms with Crippen molar-refractivity contribution in [2.24, 2.45) is 0 Å². The third-order valence-electron chi connectivity index (χ3n) is 6.25. The molecule has 1 fully saturated rings. The van der Waals surface area contributed by atoms with E-state index < -0.39 is 17.5 Å². The van der Waals surface area contributed by atoms with Crippen molar-refractivity contribution in [3.8, 4) is 0 Å². The maximum atomic E-state index is 13.4. The zero-order valence-electron chi connectivity index (χ0n) is 17.9. The van der Waals surface area contributed by atoms with Gasteiger partial charge in [0.05, 0.1) is 20.3 Å². The summed E-state index contributed by atoms with van der Waals surface area (Å²) in [5, 5.41) is 2.95. The van der Waals surface area contributed by atoms with E-state index in [1.54, 1.807) is 4.90 Å². The third kappa shape index (κ3) is 4.18. The van der Waals surface area contributed by atoms with Gasteiger partial charge in [0.1, 0.15) is 5.54 Å². The lowest BCUT2D eigenvalue weighted by atomic mass is 9.78. The van der Waals surface area contributed by atoms with E-state index in [4.69, 9.17) is 4.74 Å². The average molecular weight is 421 g/mol. The van der Waals surface area contributed by atoms with E-state index >= 15 is 0 Å². The normalized spacial score (nSPS) is 20.2. The maximum absolute atomic E-state index is 13.4. The molecule has 31 heavy (non-hydrogen) atoms. The van der Waals surface area contributed by atoms with Gasteiger partial charge in [-0.05, 0) is 42.0 Å². The van der Waals surface area contributed by atoms with Crippen molar-refractivity contribution in [1.29, 1.82) is 0 Å². The lowest BCUT2D eigenvalue weighted by Crippen LogP contribution is -2.51. The molecule has 7 nitrogen and oxygen atoms in total. The first-order valence-electron chi connectivity index (χ1n) is 10.5. The van der Waals surface area contributed by atoms with Gasteiger partial charge in [0, 0.05) is 13.0 Å². The highest BCUT2D eigenvalue weighted by molar-refractivity contribution is 6.07. The molecule has 2 aromatic rings. The smallest absolute Gasteiger partial charge is 0.326 e. The first kappa shape index (κ1) is 21.1. The number of methoxy groups -OCH3 is 1. The maximum Gasteiger partial charge on any atom is 0.326 e. The Morgan fingerprint density at radius 3 is 2.58 bits per heavy atom. The summed E-state index contributed by atoms with van der Waals surface area (Å²) in [7, 11) is 1.33. The van der Waals surface area contributed by atoms with Crippen LogP contribution in [0.3, 0.4) is 0 Å². The van der Waals surface area contributed by atoms with E-state index in [2.05, 4.69) is 11.4 Å². The highest BCUT2D eigenvalue weighted by atomic mass is 16.5. The summed E-state index contributed by atoms with van der Waals surface area (Å²) in [6.45, 7) is 2.43. The van der Waals surface area contributed by atoms with Crippen LogP contribution in [0.2, 0.25) is 0 Å². The lowest BCUT2D eigenvalue weighted by molar-refractivity contribution is -0.144. The zero-order valence-corrected chi connectivity index (χ0v) is 17.9. The van der Waals surface area contributed by atoms with Gasteiger partial charge in [-0.3, -0.25) is 14.5 Å². The van der Waals surface area contributed by atoms with Gasteiger partial charge in [-0.15, -0.1) is 0 Å². The number of hydrogen-bond acceptors (Lipinski definition) is 5. The van der Waals surface area contributed by atoms with Crippen LogP contribution < -0.4 is 5.32 Å². The fourth-order valence-electron chi connectivity index (χ4n) is 4.46. The number of fused-ring (bicyclic) bond motifs is 1. The Morgan fingerprint density at radius 1 is 1.13 bits per heavy atom. The van der Waals surface area contributed by atoms with Crippen LogP contribution in [0.15, 0.2) is 48.5 Å². The van der Waals surface area contributed by atoms with Crippen LogP contribution in [-0.2, 0) is 33.7 Å². The van der Waals surface area contributed by atoms with Crippen LogP contribution in [0, 0.1) is 6.92 Å². The second kappa shape index (κ2) is 8.51. The van der Waals surface area contributed by atoms with Crippen LogP contribution in [0.4, 0.5) is 4.79 Å². The van der Waals surface area contributed by atoms with Gasteiger partial charge in [0.15, 0.2) is 0 Å². The molecule has 1 unspecified atom stereocenters. The van der Waals surface area contributed by atoms with Gasteiger partial charge in [-0.2, -0.15) is 0 Å². The monoisotopic (exact) mass is 421 g/mol. The molecule has 1 aliphatic carbocycles. The van der Waals surface area contributed by atoms with Gasteiger partial charge in [0.25, 0.3) is 5.91 Å². The van der Waals surface area contributed by atoms with Crippen LogP contribution in [0.25, 0.3) is 0 Å². The molecule has 1 heterocycles. The molecule has 7 heteroatoms. The Morgan fingerprint density at radius 2 is 1.84 bits per heavy atom. The number of amides is 3. The van der Waals surface area contributed by atoms with Crippen LogP contribution in [0.5, 0.6) is 0 Å². The number of benzene rings is 2. The Balaban J connectivity index is 1.54. The van der Waals surface area contributed by atoms with E-state index in [9.17, 15) is 14.4 Å². The minimum atomic E-state index is -0.912. The largest absolute Gasteiger partial charge is 0.468 e. The predicted molar refractivity (Wildman–Crippen MR) is 115 cm³/mol. The number of rotatable bonds is 6. The number of nitrogens with one attached hydrogen (secondary N) is 1. The van der Waals surface area contributed by atoms with E-state index in [0.29, 0.717) is 19.4 Å². The number of hydrogen-bond donors (Lipinski definition) is 1. The summed E-state index contributed by atoms with van der Waals surface area (Å²) in [6.07, 6.45) is 1.80. The van der Waals surface area contributed by atoms with E-state index in [0.717, 1.165) is 23.1 Å². The van der Waals surface area contributed by atoms with Crippen LogP contribution in [0.1, 0.15) is 28.7 Å². The summed E-state index contributed by atoms with van der Waals surface area (Å²) in [5.74, 6) is -0.645. The number of urea groups is 1. The Kier molecular flexibility index (Phi) is 5.78. The van der Waals surface area contributed by atoms with Gasteiger partial charge >= 0.3 is 12.0 Å². The van der Waals surface area contributed by atoms with Crippen molar-refractivity contribution in [3.63, 3.8) is 0 Å². The molecule has 0 radical (unpaired) electrons. The Labute approximate surface area is 182 Å². The predicted octanol–water partition coefficient (Wildman–Crippen LogP) is 2.41. The lowest BCUT2D eigenvalue weighted by Gasteiger charge is -2.33. The molecule has 1 aliphatic heterocycles. The summed E-state index contributed by atoms with van der Waals surface area (Å²) in [6, 6.07) is 15.5. The van der Waals surface area contributed by atoms with E-state index in [1.807, 2.05) is 49.4 Å². The minimum Gasteiger partial charge on any atom is -0.468 e. The highest BCUT2D eigenvalue weighted by Crippen LogP contribution is 2.33. The van der Waals surface area contributed by atoms with Gasteiger partial charge in [-0.1, -0.05) is 48.5 Å². The second-order valence-electron chi connectivity index (χ2n) is 8.32. The molecular weight excluding hydrogens is 394 g/mol. The van der Waals surface area contributed by atoms with Gasteiger partial charge in [0.2, 0.25) is 0 Å². The number of aryl methyl sites for hydroxylation is 2. The number of ether oxygens (including phenoxy) is 1. The van der Waals surface area contributed by atoms with Crippen molar-refractivity contribution < 1.29 is 19.1 Å². The number of esters is 1. The molecule has 4 rings (SSSR count). The van der Waals surface area contributed by atoms with Crippen molar-refractivity contribution in [1.82, 2.24) is 15.1 Å². The summed E-state index contributed by atoms with van der Waals surface area (Å²) >= 11 is 0. The molecule has 3 amide bonds. The molecule has 1 atom stereocenters. The van der Waals surface area contributed by atoms with Gasteiger partial charge < -0.3 is 10.1 Å². The highest BCUT2D eigenvalue weighted by Gasteiger charge is 2.52.